The molecule has 0 unspecified atom stereocenters. The number of morpholine rings is 1. The van der Waals surface area contributed by atoms with Crippen LogP contribution in [0.3, 0.4) is 0 Å². The fourth-order valence-electron chi connectivity index (χ4n) is 3.25. The van der Waals surface area contributed by atoms with Crippen molar-refractivity contribution in [1.29, 1.82) is 0 Å². The minimum atomic E-state index is -0.459. The van der Waals surface area contributed by atoms with Gasteiger partial charge in [-0.3, -0.25) is 14.3 Å². The predicted molar refractivity (Wildman–Crippen MR) is 103 cm³/mol. The van der Waals surface area contributed by atoms with Crippen LogP contribution >= 0.6 is 0 Å². The second kappa shape index (κ2) is 7.69. The van der Waals surface area contributed by atoms with Gasteiger partial charge in [0.15, 0.2) is 5.82 Å². The first-order chi connectivity index (χ1) is 13.6. The van der Waals surface area contributed by atoms with Crippen molar-refractivity contribution in [2.24, 2.45) is 0 Å². The molecule has 0 saturated carbocycles. The van der Waals surface area contributed by atoms with Gasteiger partial charge in [0.1, 0.15) is 12.3 Å². The van der Waals surface area contributed by atoms with Gasteiger partial charge in [0.05, 0.1) is 18.8 Å². The molecule has 1 aliphatic rings. The Morgan fingerprint density at radius 1 is 1.11 bits per heavy atom. The molecule has 0 spiro atoms. The number of hydrogen-bond acceptors (Lipinski definition) is 5. The minimum absolute atomic E-state index is 0.0454. The Morgan fingerprint density at radius 2 is 1.89 bits per heavy atom. The highest BCUT2D eigenvalue weighted by Crippen LogP contribution is 2.27. The van der Waals surface area contributed by atoms with E-state index in [0.29, 0.717) is 37.5 Å². The summed E-state index contributed by atoms with van der Waals surface area (Å²) < 4.78 is 6.73. The molecule has 8 nitrogen and oxygen atoms in total. The summed E-state index contributed by atoms with van der Waals surface area (Å²) in [5.74, 6) is -0.291. The lowest BCUT2D eigenvalue weighted by atomic mass is 10.0. The molecule has 1 fully saturated rings. The van der Waals surface area contributed by atoms with Gasteiger partial charge in [-0.05, 0) is 16.8 Å². The first-order valence-electron chi connectivity index (χ1n) is 9.03. The lowest BCUT2D eigenvalue weighted by molar-refractivity contribution is -0.136. The molecule has 28 heavy (non-hydrogen) atoms. The number of anilines is 1. The number of benzene rings is 2. The van der Waals surface area contributed by atoms with E-state index in [4.69, 9.17) is 4.74 Å². The zero-order valence-electron chi connectivity index (χ0n) is 15.2. The van der Waals surface area contributed by atoms with Crippen molar-refractivity contribution < 1.29 is 19.4 Å². The molecule has 1 saturated heterocycles. The van der Waals surface area contributed by atoms with Gasteiger partial charge in [-0.25, -0.2) is 0 Å². The van der Waals surface area contributed by atoms with Gasteiger partial charge < -0.3 is 20.1 Å². The first kappa shape index (κ1) is 18.0. The average molecular weight is 380 g/mol. The quantitative estimate of drug-likeness (QED) is 0.720. The molecular weight excluding hydrogens is 360 g/mol. The van der Waals surface area contributed by atoms with Gasteiger partial charge in [-0.15, -0.1) is 0 Å². The molecule has 0 radical (unpaired) electrons. The van der Waals surface area contributed by atoms with E-state index < -0.39 is 5.91 Å². The summed E-state index contributed by atoms with van der Waals surface area (Å²) >= 11 is 0. The first-order valence-corrected chi connectivity index (χ1v) is 9.03. The molecule has 0 bridgehead atoms. The SMILES string of the molecule is O=C(Nc1ccn(CC(=O)N2CCOCC2)n1)c1c(O)ccc2ccccc12. The second-order valence-corrected chi connectivity index (χ2v) is 6.53. The molecule has 2 amide bonds. The Hall–Kier alpha value is -3.39. The maximum absolute atomic E-state index is 12.7. The van der Waals surface area contributed by atoms with Crippen LogP contribution in [0, 0.1) is 0 Å². The Labute approximate surface area is 161 Å². The van der Waals surface area contributed by atoms with Crippen molar-refractivity contribution in [2.75, 3.05) is 31.6 Å². The molecule has 3 aromatic rings. The van der Waals surface area contributed by atoms with Crippen LogP contribution in [0.15, 0.2) is 48.7 Å². The summed E-state index contributed by atoms with van der Waals surface area (Å²) in [5.41, 5.74) is 0.192. The number of rotatable bonds is 4. The number of carbonyl (C=O) groups is 2. The summed E-state index contributed by atoms with van der Waals surface area (Å²) in [5, 5.41) is 18.6. The molecule has 0 aliphatic carbocycles. The predicted octanol–water partition coefficient (Wildman–Crippen LogP) is 1.85. The average Bonchev–Trinajstić information content (AvgIpc) is 3.15. The van der Waals surface area contributed by atoms with Crippen LogP contribution in [0.5, 0.6) is 5.75 Å². The van der Waals surface area contributed by atoms with Crippen LogP contribution in [-0.4, -0.2) is 57.9 Å². The van der Waals surface area contributed by atoms with Gasteiger partial charge in [-0.1, -0.05) is 30.3 Å². The summed E-state index contributed by atoms with van der Waals surface area (Å²) in [7, 11) is 0. The van der Waals surface area contributed by atoms with Gasteiger partial charge in [0.2, 0.25) is 5.91 Å². The van der Waals surface area contributed by atoms with Gasteiger partial charge >= 0.3 is 0 Å². The van der Waals surface area contributed by atoms with E-state index in [-0.39, 0.29) is 23.8 Å². The van der Waals surface area contributed by atoms with E-state index in [1.165, 1.54) is 10.7 Å². The van der Waals surface area contributed by atoms with E-state index in [1.54, 1.807) is 29.3 Å². The van der Waals surface area contributed by atoms with Crippen molar-refractivity contribution in [3.8, 4) is 5.75 Å². The fraction of sp³-hybridized carbons (Fsp3) is 0.250. The lowest BCUT2D eigenvalue weighted by Gasteiger charge is -2.26. The van der Waals surface area contributed by atoms with E-state index in [2.05, 4.69) is 10.4 Å². The van der Waals surface area contributed by atoms with E-state index in [0.717, 1.165) is 5.39 Å². The van der Waals surface area contributed by atoms with Crippen LogP contribution in [0.2, 0.25) is 0 Å². The highest BCUT2D eigenvalue weighted by molar-refractivity contribution is 6.14. The second-order valence-electron chi connectivity index (χ2n) is 6.53. The normalized spacial score (nSPS) is 14.2. The van der Waals surface area contributed by atoms with Crippen LogP contribution in [0.1, 0.15) is 10.4 Å². The van der Waals surface area contributed by atoms with Crippen LogP contribution in [-0.2, 0) is 16.1 Å². The topological polar surface area (TPSA) is 96.7 Å². The number of carbonyl (C=O) groups excluding carboxylic acids is 2. The largest absolute Gasteiger partial charge is 0.507 e. The third kappa shape index (κ3) is 3.67. The molecule has 8 heteroatoms. The van der Waals surface area contributed by atoms with Crippen molar-refractivity contribution in [2.45, 2.75) is 6.54 Å². The molecule has 144 valence electrons. The molecule has 1 aromatic heterocycles. The lowest BCUT2D eigenvalue weighted by Crippen LogP contribution is -2.42. The van der Waals surface area contributed by atoms with E-state index in [1.807, 2.05) is 18.2 Å². The Morgan fingerprint density at radius 3 is 2.71 bits per heavy atom. The number of nitrogens with one attached hydrogen (secondary N) is 1. The molecule has 2 heterocycles. The fourth-order valence-corrected chi connectivity index (χ4v) is 3.25. The summed E-state index contributed by atoms with van der Waals surface area (Å²) in [6.07, 6.45) is 1.64. The number of nitrogens with zero attached hydrogens (tertiary/aromatic N) is 3. The Balaban J connectivity index is 1.48. The van der Waals surface area contributed by atoms with E-state index in [9.17, 15) is 14.7 Å². The summed E-state index contributed by atoms with van der Waals surface area (Å²) in [6, 6.07) is 12.2. The summed E-state index contributed by atoms with van der Waals surface area (Å²) in [6.45, 7) is 2.32. The molecule has 1 aliphatic heterocycles. The van der Waals surface area contributed by atoms with Gasteiger partial charge in [0.25, 0.3) is 5.91 Å². The van der Waals surface area contributed by atoms with Crippen molar-refractivity contribution in [3.63, 3.8) is 0 Å². The Bertz CT molecular complexity index is 1020. The van der Waals surface area contributed by atoms with Crippen LogP contribution < -0.4 is 5.32 Å². The highest BCUT2D eigenvalue weighted by Gasteiger charge is 2.19. The van der Waals surface area contributed by atoms with Crippen LogP contribution in [0.4, 0.5) is 5.82 Å². The third-order valence-corrected chi connectivity index (χ3v) is 4.68. The molecule has 2 aromatic carbocycles. The molecular formula is C20H20N4O4. The smallest absolute Gasteiger partial charge is 0.261 e. The molecule has 2 N–H and O–H groups in total. The van der Waals surface area contributed by atoms with Gasteiger partial charge in [0, 0.05) is 25.4 Å². The zero-order chi connectivity index (χ0) is 19.5. The number of fused-ring (bicyclic) bond motifs is 1. The number of aromatic nitrogens is 2. The third-order valence-electron chi connectivity index (χ3n) is 4.68. The minimum Gasteiger partial charge on any atom is -0.507 e. The zero-order valence-corrected chi connectivity index (χ0v) is 15.2. The van der Waals surface area contributed by atoms with Crippen molar-refractivity contribution in [1.82, 2.24) is 14.7 Å². The number of amides is 2. The number of hydrogen-bond donors (Lipinski definition) is 2. The van der Waals surface area contributed by atoms with Crippen molar-refractivity contribution in [3.05, 3.63) is 54.2 Å². The number of phenolic OH excluding ortho intramolecular Hbond substituents is 1. The van der Waals surface area contributed by atoms with Gasteiger partial charge in [-0.2, -0.15) is 5.10 Å². The number of ether oxygens (including phenoxy) is 1. The highest BCUT2D eigenvalue weighted by atomic mass is 16.5. The standard InChI is InChI=1S/C20H20N4O4/c25-16-6-5-14-3-1-2-4-15(14)19(16)20(27)21-17-7-8-24(22-17)13-18(26)23-9-11-28-12-10-23/h1-8,25H,9-13H2,(H,21,22,27). The monoisotopic (exact) mass is 380 g/mol. The van der Waals surface area contributed by atoms with Crippen molar-refractivity contribution >= 4 is 28.4 Å². The number of phenols is 1. The molecule has 4 rings (SSSR count). The summed E-state index contributed by atoms with van der Waals surface area (Å²) in [4.78, 5) is 26.8. The van der Waals surface area contributed by atoms with E-state index >= 15 is 0 Å². The maximum Gasteiger partial charge on any atom is 0.261 e. The maximum atomic E-state index is 12.7. The Kier molecular flexibility index (Phi) is 4.94. The molecule has 0 atom stereocenters. The van der Waals surface area contributed by atoms with Crippen LogP contribution in [0.25, 0.3) is 10.8 Å². The number of aromatic hydroxyl groups is 1.